The number of piperidine rings is 1. The van der Waals surface area contributed by atoms with Crippen LogP contribution in [0.1, 0.15) is 35.9 Å². The Labute approximate surface area is 154 Å². The van der Waals surface area contributed by atoms with E-state index in [1.807, 2.05) is 29.2 Å². The molecule has 0 aliphatic carbocycles. The lowest BCUT2D eigenvalue weighted by Crippen LogP contribution is -2.46. The number of aromatic nitrogens is 1. The van der Waals surface area contributed by atoms with Crippen LogP contribution in [0.4, 0.5) is 4.39 Å². The summed E-state index contributed by atoms with van der Waals surface area (Å²) in [5.74, 6) is -1.11. The molecule has 0 radical (unpaired) electrons. The molecule has 2 atom stereocenters. The van der Waals surface area contributed by atoms with Crippen LogP contribution >= 0.6 is 11.3 Å². The molecule has 26 heavy (non-hydrogen) atoms. The van der Waals surface area contributed by atoms with E-state index in [-0.39, 0.29) is 11.9 Å². The number of nitrogens with zero attached hydrogens (tertiary/aromatic N) is 2. The molecule has 0 bridgehead atoms. The van der Waals surface area contributed by atoms with Crippen molar-refractivity contribution in [1.29, 1.82) is 0 Å². The van der Waals surface area contributed by atoms with Crippen LogP contribution in [0, 0.1) is 5.82 Å². The molecule has 0 spiro atoms. The quantitative estimate of drug-likeness (QED) is 0.736. The minimum atomic E-state index is -0.807. The van der Waals surface area contributed by atoms with Crippen molar-refractivity contribution in [3.8, 4) is 0 Å². The highest BCUT2D eigenvalue weighted by Gasteiger charge is 2.36. The van der Waals surface area contributed by atoms with Crippen molar-refractivity contribution in [3.63, 3.8) is 0 Å². The number of benzene rings is 2. The summed E-state index contributed by atoms with van der Waals surface area (Å²) in [6.45, 7) is 0.689. The van der Waals surface area contributed by atoms with Gasteiger partial charge in [-0.05, 0) is 42.7 Å². The third kappa shape index (κ3) is 3.22. The molecular formula is C20H19FN2O2S. The predicted octanol–water partition coefficient (Wildman–Crippen LogP) is 4.46. The molecule has 1 aliphatic heterocycles. The summed E-state index contributed by atoms with van der Waals surface area (Å²) in [6, 6.07) is 13.4. The van der Waals surface area contributed by atoms with Gasteiger partial charge in [-0.15, -0.1) is 11.3 Å². The van der Waals surface area contributed by atoms with Gasteiger partial charge in [-0.2, -0.15) is 0 Å². The fraction of sp³-hybridized carbons (Fsp3) is 0.300. The second-order valence-electron chi connectivity index (χ2n) is 6.56. The smallest absolute Gasteiger partial charge is 0.320 e. The first kappa shape index (κ1) is 17.1. The molecular weight excluding hydrogens is 351 g/mol. The first-order valence-corrected chi connectivity index (χ1v) is 9.54. The summed E-state index contributed by atoms with van der Waals surface area (Å²) >= 11 is 1.57. The van der Waals surface area contributed by atoms with E-state index in [0.29, 0.717) is 13.0 Å². The SMILES string of the molecule is O=C(O)C1CCCCN1C(c1ccc(F)cc1)c1nc2ccccc2s1. The van der Waals surface area contributed by atoms with Gasteiger partial charge in [-0.1, -0.05) is 30.7 Å². The van der Waals surface area contributed by atoms with E-state index in [9.17, 15) is 14.3 Å². The number of likely N-dealkylation sites (tertiary alicyclic amines) is 1. The lowest BCUT2D eigenvalue weighted by molar-refractivity contribution is -0.145. The molecule has 1 saturated heterocycles. The average molecular weight is 370 g/mol. The third-order valence-electron chi connectivity index (χ3n) is 4.89. The van der Waals surface area contributed by atoms with Gasteiger partial charge in [0, 0.05) is 6.54 Å². The van der Waals surface area contributed by atoms with Crippen LogP contribution in [-0.2, 0) is 4.79 Å². The molecule has 6 heteroatoms. The summed E-state index contributed by atoms with van der Waals surface area (Å²) < 4.78 is 14.5. The van der Waals surface area contributed by atoms with E-state index in [4.69, 9.17) is 4.98 Å². The van der Waals surface area contributed by atoms with E-state index in [1.54, 1.807) is 23.5 Å². The highest BCUT2D eigenvalue weighted by atomic mass is 32.1. The molecule has 134 valence electrons. The number of carbonyl (C=O) groups is 1. The Bertz CT molecular complexity index is 892. The molecule has 2 aromatic carbocycles. The lowest BCUT2D eigenvalue weighted by atomic mass is 9.96. The normalized spacial score (nSPS) is 19.5. The van der Waals surface area contributed by atoms with Gasteiger partial charge in [0.1, 0.15) is 16.9 Å². The number of carboxylic acid groups (broad SMARTS) is 1. The van der Waals surface area contributed by atoms with Crippen molar-refractivity contribution >= 4 is 27.5 Å². The van der Waals surface area contributed by atoms with Crippen LogP contribution in [-0.4, -0.2) is 33.5 Å². The Morgan fingerprint density at radius 2 is 1.96 bits per heavy atom. The molecule has 0 amide bonds. The maximum Gasteiger partial charge on any atom is 0.320 e. The van der Waals surface area contributed by atoms with Crippen molar-refractivity contribution < 1.29 is 14.3 Å². The highest BCUT2D eigenvalue weighted by Crippen LogP contribution is 2.37. The van der Waals surface area contributed by atoms with Crippen LogP contribution in [0.15, 0.2) is 48.5 Å². The van der Waals surface area contributed by atoms with Crippen LogP contribution in [0.2, 0.25) is 0 Å². The number of halogens is 1. The maximum atomic E-state index is 13.4. The van der Waals surface area contributed by atoms with E-state index >= 15 is 0 Å². The topological polar surface area (TPSA) is 53.4 Å². The van der Waals surface area contributed by atoms with Crippen molar-refractivity contribution in [3.05, 3.63) is 64.9 Å². The van der Waals surface area contributed by atoms with E-state index < -0.39 is 12.0 Å². The van der Waals surface area contributed by atoms with Gasteiger partial charge in [-0.25, -0.2) is 9.37 Å². The van der Waals surface area contributed by atoms with Gasteiger partial charge in [0.2, 0.25) is 0 Å². The van der Waals surface area contributed by atoms with Crippen LogP contribution in [0.5, 0.6) is 0 Å². The van der Waals surface area contributed by atoms with Crippen molar-refractivity contribution in [2.45, 2.75) is 31.3 Å². The number of fused-ring (bicyclic) bond motifs is 1. The van der Waals surface area contributed by atoms with E-state index in [1.165, 1.54) is 12.1 Å². The monoisotopic (exact) mass is 370 g/mol. The summed E-state index contributed by atoms with van der Waals surface area (Å²) in [5, 5.41) is 10.6. The Hall–Kier alpha value is -2.31. The summed E-state index contributed by atoms with van der Waals surface area (Å²) in [5.41, 5.74) is 1.78. The van der Waals surface area contributed by atoms with Gasteiger partial charge in [0.25, 0.3) is 0 Å². The van der Waals surface area contributed by atoms with E-state index in [0.717, 1.165) is 33.6 Å². The highest BCUT2D eigenvalue weighted by molar-refractivity contribution is 7.18. The Morgan fingerprint density at radius 3 is 2.69 bits per heavy atom. The Kier molecular flexibility index (Phi) is 4.70. The van der Waals surface area contributed by atoms with Gasteiger partial charge in [0.05, 0.1) is 16.3 Å². The van der Waals surface area contributed by atoms with Gasteiger partial charge >= 0.3 is 5.97 Å². The Balaban J connectivity index is 1.83. The number of carboxylic acids is 1. The largest absolute Gasteiger partial charge is 0.480 e. The number of para-hydroxylation sites is 1. The fourth-order valence-electron chi connectivity index (χ4n) is 3.66. The first-order chi connectivity index (χ1) is 12.6. The maximum absolute atomic E-state index is 13.4. The lowest BCUT2D eigenvalue weighted by Gasteiger charge is -2.38. The minimum Gasteiger partial charge on any atom is -0.480 e. The zero-order valence-electron chi connectivity index (χ0n) is 14.1. The van der Waals surface area contributed by atoms with Crippen molar-refractivity contribution in [2.75, 3.05) is 6.54 Å². The standard InChI is InChI=1S/C20H19FN2O2S/c21-14-10-8-13(9-11-14)18(23-12-4-3-6-16(23)20(24)25)19-22-15-5-1-2-7-17(15)26-19/h1-2,5,7-11,16,18H,3-4,6,12H2,(H,24,25). The van der Waals surface area contributed by atoms with Crippen LogP contribution in [0.25, 0.3) is 10.2 Å². The zero-order chi connectivity index (χ0) is 18.1. The number of hydrogen-bond acceptors (Lipinski definition) is 4. The molecule has 2 heterocycles. The second-order valence-corrected chi connectivity index (χ2v) is 7.62. The number of aliphatic carboxylic acids is 1. The summed E-state index contributed by atoms with van der Waals surface area (Å²) in [6.07, 6.45) is 2.48. The number of hydrogen-bond donors (Lipinski definition) is 1. The van der Waals surface area contributed by atoms with Crippen LogP contribution < -0.4 is 0 Å². The zero-order valence-corrected chi connectivity index (χ0v) is 15.0. The molecule has 1 fully saturated rings. The molecule has 1 aromatic heterocycles. The molecule has 4 rings (SSSR count). The summed E-state index contributed by atoms with van der Waals surface area (Å²) in [4.78, 5) is 18.6. The molecule has 1 N–H and O–H groups in total. The predicted molar refractivity (Wildman–Crippen MR) is 99.8 cm³/mol. The second kappa shape index (κ2) is 7.13. The molecule has 2 unspecified atom stereocenters. The van der Waals surface area contributed by atoms with Crippen molar-refractivity contribution in [1.82, 2.24) is 9.88 Å². The average Bonchev–Trinajstić information content (AvgIpc) is 3.07. The number of rotatable bonds is 4. The Morgan fingerprint density at radius 1 is 1.19 bits per heavy atom. The van der Waals surface area contributed by atoms with Crippen molar-refractivity contribution in [2.24, 2.45) is 0 Å². The molecule has 1 aliphatic rings. The van der Waals surface area contributed by atoms with Gasteiger partial charge in [-0.3, -0.25) is 9.69 Å². The van der Waals surface area contributed by atoms with Crippen LogP contribution in [0.3, 0.4) is 0 Å². The van der Waals surface area contributed by atoms with E-state index in [2.05, 4.69) is 0 Å². The molecule has 4 nitrogen and oxygen atoms in total. The first-order valence-electron chi connectivity index (χ1n) is 8.73. The van der Waals surface area contributed by atoms with Gasteiger partial charge in [0.15, 0.2) is 0 Å². The fourth-order valence-corrected chi connectivity index (χ4v) is 4.77. The van der Waals surface area contributed by atoms with Gasteiger partial charge < -0.3 is 5.11 Å². The third-order valence-corrected chi connectivity index (χ3v) is 5.98. The molecule has 0 saturated carbocycles. The minimum absolute atomic E-state index is 0.283. The molecule has 3 aromatic rings. The summed E-state index contributed by atoms with van der Waals surface area (Å²) in [7, 11) is 0. The number of thiazole rings is 1.